The van der Waals surface area contributed by atoms with Gasteiger partial charge in [-0.05, 0) is 134 Å². The van der Waals surface area contributed by atoms with Crippen molar-refractivity contribution < 1.29 is 46.3 Å². The van der Waals surface area contributed by atoms with E-state index in [0.29, 0.717) is 30.0 Å². The zero-order valence-electron chi connectivity index (χ0n) is 47.2. The molecule has 2 saturated carbocycles. The second-order valence-corrected chi connectivity index (χ2v) is 18.5. The molecular weight excluding hydrogens is 1070 g/mol. The third-order valence-corrected chi connectivity index (χ3v) is 12.6. The molecule has 0 amide bonds. The largest absolute Gasteiger partial charge is 2.00 e. The maximum absolute atomic E-state index is 12.1. The van der Waals surface area contributed by atoms with Crippen LogP contribution >= 0.6 is 0 Å². The van der Waals surface area contributed by atoms with Crippen molar-refractivity contribution in [2.45, 2.75) is 97.7 Å². The summed E-state index contributed by atoms with van der Waals surface area (Å²) in [6, 6.07) is 72.0. The molecule has 0 saturated heterocycles. The van der Waals surface area contributed by atoms with Gasteiger partial charge < -0.3 is 64.9 Å². The molecule has 2 fully saturated rings. The predicted molar refractivity (Wildman–Crippen MR) is 326 cm³/mol. The van der Waals surface area contributed by atoms with Gasteiger partial charge in [0.15, 0.2) is 0 Å². The minimum absolute atomic E-state index is 0. The first-order valence-electron chi connectivity index (χ1n) is 27.0. The van der Waals surface area contributed by atoms with E-state index in [4.69, 9.17) is 20.9 Å². The molecule has 2 aliphatic rings. The third-order valence-electron chi connectivity index (χ3n) is 12.6. The molecule has 12 heteroatoms. The minimum atomic E-state index is -0.596. The van der Waals surface area contributed by atoms with Crippen LogP contribution in [-0.2, 0) is 46.9 Å². The second kappa shape index (κ2) is 35.6. The molecule has 10 nitrogen and oxygen atoms in total. The first-order chi connectivity index (χ1) is 37.9. The van der Waals surface area contributed by atoms with Gasteiger partial charge in [0, 0.05) is 48.9 Å². The second-order valence-electron chi connectivity index (χ2n) is 18.5. The van der Waals surface area contributed by atoms with Crippen LogP contribution in [0.5, 0.6) is 0 Å². The Morgan fingerprint density at radius 1 is 0.450 bits per heavy atom. The summed E-state index contributed by atoms with van der Waals surface area (Å²) in [6.45, 7) is 16.6. The van der Waals surface area contributed by atoms with Crippen LogP contribution in [0.15, 0.2) is 218 Å². The number of nitrogens with two attached hydrogens (primary N) is 2. The normalized spacial score (nSPS) is 12.3. The summed E-state index contributed by atoms with van der Waals surface area (Å²) < 4.78 is 9.93. The number of hydrogen-bond acceptors (Lipinski definition) is 10. The van der Waals surface area contributed by atoms with Crippen LogP contribution in [0.4, 0.5) is 22.7 Å². The smallest absolute Gasteiger partial charge is 1.00 e. The summed E-state index contributed by atoms with van der Waals surface area (Å²) >= 11 is 0. The van der Waals surface area contributed by atoms with E-state index in [1.54, 1.807) is 44.2 Å². The van der Waals surface area contributed by atoms with Crippen LogP contribution in [0.25, 0.3) is 0 Å². The van der Waals surface area contributed by atoms with Crippen molar-refractivity contribution in [1.29, 1.82) is 0 Å². The van der Waals surface area contributed by atoms with Crippen molar-refractivity contribution in [3.8, 4) is 0 Å². The number of carbonyl (C=O) groups is 2. The van der Waals surface area contributed by atoms with E-state index in [9.17, 15) is 19.8 Å². The van der Waals surface area contributed by atoms with E-state index >= 15 is 0 Å². The standard InChI is InChI=1S/C23H23NO2.C23H23NO.C9H11NO2.C9H11NO.C2H6.C2H5.BrH.Mg/c1-2-26-23(25)21-14-9-15-22(16-21)24(17-19-10-5-3-6-11-19)18-20-12-7-4-8-13-20;25-23(14-15-23)21-12-7-13-22(16-21)24(17-19-8-3-1-4-9-19)18-20-10-5-2-6-11-20;1-2-12-9(11)7-4-3-5-8(10)6-7;10-8-3-1-2-7(6-8)9(11)4-5-9;2*1-2;;/h3-16H,2,17-18H2,1H3;1-13,16,25H,14-15,17-18H2;3-6H,2,10H2,1H3;1-3,6,11H,4-5,10H2;1-2H3;1H2,2H3;1H;/q;;;;;-1;;+2/p-1. The maximum atomic E-state index is 12.1. The van der Waals surface area contributed by atoms with Crippen LogP contribution in [0.3, 0.4) is 0 Å². The van der Waals surface area contributed by atoms with Crippen molar-refractivity contribution >= 4 is 57.7 Å². The third kappa shape index (κ3) is 22.3. The van der Waals surface area contributed by atoms with E-state index in [-0.39, 0.29) is 52.0 Å². The molecule has 0 aliphatic heterocycles. The van der Waals surface area contributed by atoms with E-state index < -0.39 is 11.2 Å². The fourth-order valence-corrected chi connectivity index (χ4v) is 8.25. The van der Waals surface area contributed by atoms with Crippen LogP contribution in [0, 0.1) is 6.92 Å². The molecule has 0 heterocycles. The van der Waals surface area contributed by atoms with Crippen molar-refractivity contribution in [3.05, 3.63) is 270 Å². The van der Waals surface area contributed by atoms with Gasteiger partial charge in [-0.3, -0.25) is 0 Å². The van der Waals surface area contributed by atoms with Gasteiger partial charge in [-0.1, -0.05) is 172 Å². The SMILES string of the molecule is CC.CCOC(=O)c1cccc(N(Cc2ccccc2)Cc2ccccc2)c1.CCOC(=O)c1cccc(N)c1.Nc1cccc(C2(O)CC2)c1.OC1(c2cccc(N(Cc3ccccc3)Cc3ccccc3)c2)CC1.[Br-].[CH2-]C.[Mg+2]. The van der Waals surface area contributed by atoms with Crippen LogP contribution in [0.1, 0.15) is 114 Å². The number of aliphatic hydroxyl groups is 2. The fourth-order valence-electron chi connectivity index (χ4n) is 8.25. The summed E-state index contributed by atoms with van der Waals surface area (Å²) in [4.78, 5) is 27.9. The first kappa shape index (κ1) is 67.3. The molecule has 0 atom stereocenters. The van der Waals surface area contributed by atoms with E-state index in [0.717, 1.165) is 80.1 Å². The Morgan fingerprint density at radius 3 is 1.09 bits per heavy atom. The molecule has 8 aromatic carbocycles. The Kier molecular flexibility index (Phi) is 30.0. The summed E-state index contributed by atoms with van der Waals surface area (Å²) in [7, 11) is 0. The number of anilines is 4. The molecule has 0 unspecified atom stereocenters. The van der Waals surface area contributed by atoms with Gasteiger partial charge in [0.05, 0.1) is 35.5 Å². The van der Waals surface area contributed by atoms with E-state index in [1.807, 2.05) is 118 Å². The quantitative estimate of drug-likeness (QED) is 0.0318. The number of nitrogens with zero attached hydrogens (tertiary/aromatic N) is 2. The molecule has 80 heavy (non-hydrogen) atoms. The molecule has 0 radical (unpaired) electrons. The Hall–Kier alpha value is -6.93. The Balaban J connectivity index is 0.000000288. The van der Waals surface area contributed by atoms with Crippen LogP contribution in [0.2, 0.25) is 0 Å². The number of esters is 2. The average molecular weight is 1150 g/mol. The number of nitrogen functional groups attached to an aromatic ring is 2. The molecule has 416 valence electrons. The predicted octanol–water partition coefficient (Wildman–Crippen LogP) is 11.1. The molecule has 0 aromatic heterocycles. The Bertz CT molecular complexity index is 2920. The van der Waals surface area contributed by atoms with Gasteiger partial charge in [0.2, 0.25) is 0 Å². The van der Waals surface area contributed by atoms with Gasteiger partial charge in [0.25, 0.3) is 0 Å². The number of carbonyl (C=O) groups excluding carboxylic acids is 2. The number of halogens is 1. The van der Waals surface area contributed by atoms with Gasteiger partial charge in [-0.2, -0.15) is 6.92 Å². The van der Waals surface area contributed by atoms with Gasteiger partial charge in [-0.25, -0.2) is 9.59 Å². The molecule has 2 aliphatic carbocycles. The molecule has 10 rings (SSSR count). The molecule has 8 aromatic rings. The number of ether oxygens (including phenoxy) is 2. The summed E-state index contributed by atoms with van der Waals surface area (Å²) in [6.07, 6.45) is 3.48. The number of benzene rings is 8. The van der Waals surface area contributed by atoms with E-state index in [1.165, 1.54) is 22.3 Å². The average Bonchev–Trinajstić information content (AvgIpc) is 4.44. The summed E-state index contributed by atoms with van der Waals surface area (Å²) in [5.74, 6) is -0.612. The Labute approximate surface area is 502 Å². The maximum Gasteiger partial charge on any atom is 2.00 e. The van der Waals surface area contributed by atoms with Crippen molar-refractivity contribution in [1.82, 2.24) is 0 Å². The van der Waals surface area contributed by atoms with E-state index in [2.05, 4.69) is 108 Å². The summed E-state index contributed by atoms with van der Waals surface area (Å²) in [5, 5.41) is 20.1. The molecule has 0 bridgehead atoms. The molecular formula is C68H79BrMgN4O6. The fraction of sp³-hybridized carbons (Fsp3) is 0.250. The minimum Gasteiger partial charge on any atom is -1.00 e. The monoisotopic (exact) mass is 1150 g/mol. The van der Waals surface area contributed by atoms with Crippen molar-refractivity contribution in [2.75, 3.05) is 34.5 Å². The van der Waals surface area contributed by atoms with Gasteiger partial charge in [0.1, 0.15) is 0 Å². The van der Waals surface area contributed by atoms with Crippen LogP contribution < -0.4 is 38.2 Å². The van der Waals surface area contributed by atoms with Crippen molar-refractivity contribution in [3.63, 3.8) is 0 Å². The van der Waals surface area contributed by atoms with Crippen molar-refractivity contribution in [2.24, 2.45) is 0 Å². The van der Waals surface area contributed by atoms with Crippen LogP contribution in [-0.4, -0.2) is 58.4 Å². The number of hydrogen-bond donors (Lipinski definition) is 4. The Morgan fingerprint density at radius 2 is 0.750 bits per heavy atom. The zero-order chi connectivity index (χ0) is 56.2. The van der Waals surface area contributed by atoms with Gasteiger partial charge in [-0.15, -0.1) is 0 Å². The first-order valence-corrected chi connectivity index (χ1v) is 27.0. The molecule has 6 N–H and O–H groups in total. The van der Waals surface area contributed by atoms with Gasteiger partial charge >= 0.3 is 35.0 Å². The molecule has 0 spiro atoms. The number of rotatable bonds is 16. The zero-order valence-corrected chi connectivity index (χ0v) is 50.2. The topological polar surface area (TPSA) is 152 Å². The summed E-state index contributed by atoms with van der Waals surface area (Å²) in [5.41, 5.74) is 21.5.